The Kier molecular flexibility index (Phi) is 3.74. The molecule has 1 N–H and O–H groups in total. The van der Waals surface area contributed by atoms with Gasteiger partial charge in [-0.3, -0.25) is 4.79 Å². The van der Waals surface area contributed by atoms with Crippen molar-refractivity contribution in [1.29, 1.82) is 0 Å². The lowest BCUT2D eigenvalue weighted by Gasteiger charge is -2.15. The van der Waals surface area contributed by atoms with E-state index < -0.39 is 9.84 Å². The quantitative estimate of drug-likeness (QED) is 0.941. The van der Waals surface area contributed by atoms with Gasteiger partial charge in [-0.1, -0.05) is 48.5 Å². The molecular formula is C17H17NO3S. The van der Waals surface area contributed by atoms with Gasteiger partial charge in [-0.25, -0.2) is 8.42 Å². The Bertz CT molecular complexity index is 782. The first-order chi connectivity index (χ1) is 10.5. The summed E-state index contributed by atoms with van der Waals surface area (Å²) in [5.41, 5.74) is 4.34. The monoisotopic (exact) mass is 315 g/mol. The molecule has 0 aromatic heterocycles. The number of sulfone groups is 1. The molecule has 0 radical (unpaired) electrons. The van der Waals surface area contributed by atoms with E-state index in [0.29, 0.717) is 0 Å². The second kappa shape index (κ2) is 5.57. The van der Waals surface area contributed by atoms with Crippen LogP contribution >= 0.6 is 0 Å². The van der Waals surface area contributed by atoms with Crippen LogP contribution in [0, 0.1) is 0 Å². The van der Waals surface area contributed by atoms with Crippen molar-refractivity contribution in [2.75, 3.05) is 12.0 Å². The molecule has 2 aromatic rings. The molecule has 0 bridgehead atoms. The van der Waals surface area contributed by atoms with Gasteiger partial charge in [0.25, 0.3) is 0 Å². The number of amides is 1. The van der Waals surface area contributed by atoms with Gasteiger partial charge in [-0.15, -0.1) is 0 Å². The Morgan fingerprint density at radius 1 is 1.00 bits per heavy atom. The maximum Gasteiger partial charge on any atom is 0.221 e. The molecule has 0 fully saturated rings. The summed E-state index contributed by atoms with van der Waals surface area (Å²) in [6.07, 6.45) is 1.13. The largest absolute Gasteiger partial charge is 0.345 e. The number of rotatable bonds is 4. The number of nitrogens with one attached hydrogen (secondary N) is 1. The third-order valence-corrected chi connectivity index (χ3v) is 4.78. The zero-order chi connectivity index (χ0) is 15.7. The SMILES string of the molecule is CS(=O)(=O)CCC(=O)NC1c2ccccc2-c2ccccc21. The summed E-state index contributed by atoms with van der Waals surface area (Å²) in [6.45, 7) is 0. The third-order valence-electron chi connectivity index (χ3n) is 3.84. The molecular weight excluding hydrogens is 298 g/mol. The van der Waals surface area contributed by atoms with Crippen molar-refractivity contribution in [3.8, 4) is 11.1 Å². The first-order valence-corrected chi connectivity index (χ1v) is 9.17. The van der Waals surface area contributed by atoms with Gasteiger partial charge in [0.2, 0.25) is 5.91 Å². The van der Waals surface area contributed by atoms with Crippen LogP contribution in [0.1, 0.15) is 23.6 Å². The minimum Gasteiger partial charge on any atom is -0.345 e. The lowest BCUT2D eigenvalue weighted by atomic mass is 10.1. The van der Waals surface area contributed by atoms with Crippen molar-refractivity contribution in [3.05, 3.63) is 59.7 Å². The third kappa shape index (κ3) is 2.90. The van der Waals surface area contributed by atoms with Crippen LogP contribution < -0.4 is 5.32 Å². The maximum atomic E-state index is 12.1. The number of hydrogen-bond acceptors (Lipinski definition) is 3. The second-order valence-electron chi connectivity index (χ2n) is 5.55. The van der Waals surface area contributed by atoms with E-state index >= 15 is 0 Å². The fourth-order valence-corrected chi connectivity index (χ4v) is 3.38. The average molecular weight is 315 g/mol. The van der Waals surface area contributed by atoms with Crippen molar-refractivity contribution in [1.82, 2.24) is 5.32 Å². The maximum absolute atomic E-state index is 12.1. The molecule has 0 heterocycles. The summed E-state index contributed by atoms with van der Waals surface area (Å²) < 4.78 is 22.4. The lowest BCUT2D eigenvalue weighted by molar-refractivity contribution is -0.121. The highest BCUT2D eigenvalue weighted by Gasteiger charge is 2.29. The van der Waals surface area contributed by atoms with Gasteiger partial charge in [-0.05, 0) is 22.3 Å². The molecule has 22 heavy (non-hydrogen) atoms. The van der Waals surface area contributed by atoms with Gasteiger partial charge >= 0.3 is 0 Å². The van der Waals surface area contributed by atoms with E-state index in [0.717, 1.165) is 28.5 Å². The summed E-state index contributed by atoms with van der Waals surface area (Å²) in [7, 11) is -3.13. The lowest BCUT2D eigenvalue weighted by Crippen LogP contribution is -2.29. The highest BCUT2D eigenvalue weighted by atomic mass is 32.2. The number of benzene rings is 2. The molecule has 1 aliphatic carbocycles. The van der Waals surface area contributed by atoms with Crippen molar-refractivity contribution in [3.63, 3.8) is 0 Å². The molecule has 0 atom stereocenters. The zero-order valence-electron chi connectivity index (χ0n) is 12.2. The van der Waals surface area contributed by atoms with E-state index in [2.05, 4.69) is 5.32 Å². The Morgan fingerprint density at radius 3 is 2.00 bits per heavy atom. The van der Waals surface area contributed by atoms with Gasteiger partial charge < -0.3 is 5.32 Å². The highest BCUT2D eigenvalue weighted by Crippen LogP contribution is 2.42. The molecule has 3 rings (SSSR count). The molecule has 0 spiro atoms. The molecule has 5 heteroatoms. The van der Waals surface area contributed by atoms with E-state index in [9.17, 15) is 13.2 Å². The van der Waals surface area contributed by atoms with Crippen LogP contribution in [0.4, 0.5) is 0 Å². The standard InChI is InChI=1S/C17H17NO3S/c1-22(20,21)11-10-16(19)18-17-14-8-4-2-6-12(14)13-7-3-5-9-15(13)17/h2-9,17H,10-11H2,1H3,(H,18,19). The topological polar surface area (TPSA) is 63.2 Å². The number of hydrogen-bond donors (Lipinski definition) is 1. The first-order valence-electron chi connectivity index (χ1n) is 7.11. The molecule has 2 aromatic carbocycles. The number of fused-ring (bicyclic) bond motifs is 3. The summed E-state index contributed by atoms with van der Waals surface area (Å²) >= 11 is 0. The molecule has 0 unspecified atom stereocenters. The Hall–Kier alpha value is -2.14. The van der Waals surface area contributed by atoms with Crippen molar-refractivity contribution in [2.45, 2.75) is 12.5 Å². The van der Waals surface area contributed by atoms with Crippen LogP contribution in [0.3, 0.4) is 0 Å². The normalized spacial score (nSPS) is 13.5. The molecule has 1 amide bonds. The van der Waals surface area contributed by atoms with Crippen molar-refractivity contribution < 1.29 is 13.2 Å². The summed E-state index contributed by atoms with van der Waals surface area (Å²) in [4.78, 5) is 12.1. The smallest absolute Gasteiger partial charge is 0.221 e. The van der Waals surface area contributed by atoms with E-state index in [4.69, 9.17) is 0 Å². The Labute approximate surface area is 130 Å². The Balaban J connectivity index is 1.86. The van der Waals surface area contributed by atoms with Gasteiger partial charge in [0, 0.05) is 12.7 Å². The van der Waals surface area contributed by atoms with Gasteiger partial charge in [0.15, 0.2) is 0 Å². The molecule has 1 aliphatic rings. The number of carbonyl (C=O) groups excluding carboxylic acids is 1. The fourth-order valence-electron chi connectivity index (χ4n) is 2.82. The van der Waals surface area contributed by atoms with Crippen LogP contribution in [0.25, 0.3) is 11.1 Å². The van der Waals surface area contributed by atoms with Crippen LogP contribution in [0.15, 0.2) is 48.5 Å². The molecule has 0 saturated carbocycles. The predicted molar refractivity (Wildman–Crippen MR) is 86.2 cm³/mol. The molecule has 0 saturated heterocycles. The van der Waals surface area contributed by atoms with Gasteiger partial charge in [0.05, 0.1) is 11.8 Å². The van der Waals surface area contributed by atoms with Crippen LogP contribution in [0.2, 0.25) is 0 Å². The van der Waals surface area contributed by atoms with Gasteiger partial charge in [-0.2, -0.15) is 0 Å². The fraction of sp³-hybridized carbons (Fsp3) is 0.235. The molecule has 4 nitrogen and oxygen atoms in total. The minimum absolute atomic E-state index is 0.0142. The van der Waals surface area contributed by atoms with Crippen LogP contribution in [-0.2, 0) is 14.6 Å². The Morgan fingerprint density at radius 2 is 1.50 bits per heavy atom. The van der Waals surface area contributed by atoms with Crippen LogP contribution in [0.5, 0.6) is 0 Å². The summed E-state index contributed by atoms with van der Waals surface area (Å²) in [5, 5.41) is 2.96. The summed E-state index contributed by atoms with van der Waals surface area (Å²) in [6, 6.07) is 15.7. The predicted octanol–water partition coefficient (Wildman–Crippen LogP) is 2.31. The van der Waals surface area contributed by atoms with E-state index in [-0.39, 0.29) is 24.1 Å². The molecule has 114 valence electrons. The average Bonchev–Trinajstić information content (AvgIpc) is 2.80. The molecule has 0 aliphatic heterocycles. The van der Waals surface area contributed by atoms with E-state index in [1.54, 1.807) is 0 Å². The first kappa shape index (κ1) is 14.8. The van der Waals surface area contributed by atoms with Crippen LogP contribution in [-0.4, -0.2) is 26.3 Å². The second-order valence-corrected chi connectivity index (χ2v) is 7.81. The van der Waals surface area contributed by atoms with Crippen molar-refractivity contribution in [2.24, 2.45) is 0 Å². The van der Waals surface area contributed by atoms with Gasteiger partial charge in [0.1, 0.15) is 9.84 Å². The highest BCUT2D eigenvalue weighted by molar-refractivity contribution is 7.90. The number of carbonyl (C=O) groups is 1. The summed E-state index contributed by atoms with van der Waals surface area (Å²) in [5.74, 6) is -0.378. The zero-order valence-corrected chi connectivity index (χ0v) is 13.1. The minimum atomic E-state index is -3.13. The van der Waals surface area contributed by atoms with Crippen molar-refractivity contribution >= 4 is 15.7 Å². The van der Waals surface area contributed by atoms with E-state index in [1.165, 1.54) is 0 Å². The van der Waals surface area contributed by atoms with E-state index in [1.807, 2.05) is 48.5 Å².